The summed E-state index contributed by atoms with van der Waals surface area (Å²) in [5.74, 6) is 0. The largest absolute Gasteiger partial charge is 0.240 e. The van der Waals surface area contributed by atoms with Crippen molar-refractivity contribution in [2.75, 3.05) is 6.54 Å². The van der Waals surface area contributed by atoms with Gasteiger partial charge in [-0.15, -0.1) is 0 Å². The van der Waals surface area contributed by atoms with Crippen LogP contribution in [-0.2, 0) is 10.0 Å². The van der Waals surface area contributed by atoms with E-state index in [0.29, 0.717) is 11.4 Å². The summed E-state index contributed by atoms with van der Waals surface area (Å²) in [7, 11) is -3.23. The molecule has 0 saturated carbocycles. The summed E-state index contributed by atoms with van der Waals surface area (Å²) < 4.78 is 25.7. The van der Waals surface area contributed by atoms with Gasteiger partial charge in [0, 0.05) is 6.54 Å². The molecular weight excluding hydrogens is 186 g/mol. The van der Waals surface area contributed by atoms with Crippen LogP contribution < -0.4 is 4.72 Å². The van der Waals surface area contributed by atoms with E-state index in [2.05, 4.69) is 4.72 Å². The number of rotatable bonds is 1. The molecule has 0 fully saturated rings. The topological polar surface area (TPSA) is 46.2 Å². The third-order valence-corrected chi connectivity index (χ3v) is 3.70. The molecule has 0 unspecified atom stereocenters. The predicted molar refractivity (Wildman–Crippen MR) is 53.7 cm³/mol. The highest BCUT2D eigenvalue weighted by atomic mass is 32.2. The first-order valence-electron chi connectivity index (χ1n) is 4.40. The monoisotopic (exact) mass is 201 g/mol. The van der Waals surface area contributed by atoms with E-state index in [-0.39, 0.29) is 0 Å². The van der Waals surface area contributed by atoms with Crippen molar-refractivity contribution in [3.63, 3.8) is 0 Å². The van der Waals surface area contributed by atoms with Gasteiger partial charge in [-0.25, -0.2) is 13.1 Å². The van der Waals surface area contributed by atoms with Crippen LogP contribution in [0.4, 0.5) is 0 Å². The van der Waals surface area contributed by atoms with Crippen LogP contribution >= 0.6 is 0 Å². The zero-order valence-corrected chi connectivity index (χ0v) is 8.82. The van der Waals surface area contributed by atoms with E-state index in [4.69, 9.17) is 0 Å². The van der Waals surface area contributed by atoms with Gasteiger partial charge in [0.05, 0.1) is 4.91 Å². The van der Waals surface area contributed by atoms with Crippen molar-refractivity contribution >= 4 is 10.0 Å². The lowest BCUT2D eigenvalue weighted by atomic mass is 10.1. The molecular formula is C9H15NO2S. The first kappa shape index (κ1) is 10.5. The van der Waals surface area contributed by atoms with Crippen molar-refractivity contribution in [1.29, 1.82) is 0 Å². The molecule has 0 aliphatic carbocycles. The summed E-state index contributed by atoms with van der Waals surface area (Å²) in [6, 6.07) is 0. The van der Waals surface area contributed by atoms with Crippen molar-refractivity contribution in [3.05, 3.63) is 22.6 Å². The molecule has 0 spiro atoms. The minimum absolute atomic E-state index is 0.438. The van der Waals surface area contributed by atoms with Gasteiger partial charge in [0.25, 0.3) is 0 Å². The summed E-state index contributed by atoms with van der Waals surface area (Å²) in [4.78, 5) is 0.438. The first-order chi connectivity index (χ1) is 6.08. The average molecular weight is 201 g/mol. The van der Waals surface area contributed by atoms with Gasteiger partial charge in [-0.05, 0) is 32.8 Å². The molecule has 0 aromatic rings. The Balaban J connectivity index is 3.17. The number of sulfonamides is 1. The second kappa shape index (κ2) is 4.07. The molecule has 1 aliphatic heterocycles. The summed E-state index contributed by atoms with van der Waals surface area (Å²) in [6.07, 6.45) is 5.14. The van der Waals surface area contributed by atoms with Crippen LogP contribution in [0.3, 0.4) is 0 Å². The van der Waals surface area contributed by atoms with Crippen molar-refractivity contribution in [2.45, 2.75) is 26.7 Å². The molecule has 0 atom stereocenters. The molecule has 4 heteroatoms. The molecule has 0 radical (unpaired) electrons. The van der Waals surface area contributed by atoms with E-state index in [1.54, 1.807) is 12.2 Å². The van der Waals surface area contributed by atoms with E-state index in [1.807, 2.05) is 13.8 Å². The van der Waals surface area contributed by atoms with Gasteiger partial charge >= 0.3 is 0 Å². The molecule has 0 amide bonds. The third kappa shape index (κ3) is 2.42. The molecule has 0 bridgehead atoms. The quantitative estimate of drug-likeness (QED) is 0.699. The summed E-state index contributed by atoms with van der Waals surface area (Å²) in [5.41, 5.74) is 0.947. The van der Waals surface area contributed by atoms with Crippen LogP contribution in [0.1, 0.15) is 26.7 Å². The molecule has 0 saturated heterocycles. The molecule has 3 nitrogen and oxygen atoms in total. The zero-order chi connectivity index (χ0) is 9.90. The number of allylic oxidation sites excluding steroid dienone is 3. The minimum Gasteiger partial charge on any atom is -0.211 e. The molecule has 0 aromatic heterocycles. The van der Waals surface area contributed by atoms with Gasteiger partial charge in [0.2, 0.25) is 10.0 Å². The second-order valence-corrected chi connectivity index (χ2v) is 4.88. The number of hydrogen-bond acceptors (Lipinski definition) is 2. The maximum absolute atomic E-state index is 11.6. The molecule has 74 valence electrons. The third-order valence-electron chi connectivity index (χ3n) is 2.05. The van der Waals surface area contributed by atoms with Gasteiger partial charge in [-0.2, -0.15) is 0 Å². The van der Waals surface area contributed by atoms with Crippen LogP contribution in [0.15, 0.2) is 22.6 Å². The van der Waals surface area contributed by atoms with Crippen LogP contribution in [0.2, 0.25) is 0 Å². The standard InChI is InChI=1S/C9H15NO2S/c1-3-5-9-8(2)6-4-7-10-13(9,11)12/h3,5,10H,4,6-7H2,1-2H3/b5-3-. The second-order valence-electron chi connectivity index (χ2n) is 3.15. The zero-order valence-electron chi connectivity index (χ0n) is 8.00. The summed E-state index contributed by atoms with van der Waals surface area (Å²) in [5, 5.41) is 0. The lowest BCUT2D eigenvalue weighted by Gasteiger charge is -2.04. The number of nitrogens with one attached hydrogen (secondary N) is 1. The predicted octanol–water partition coefficient (Wildman–Crippen LogP) is 1.55. The molecule has 1 N–H and O–H groups in total. The molecule has 1 rings (SSSR count). The smallest absolute Gasteiger partial charge is 0.211 e. The van der Waals surface area contributed by atoms with Crippen molar-refractivity contribution < 1.29 is 8.42 Å². The molecule has 1 aliphatic rings. The summed E-state index contributed by atoms with van der Waals surface area (Å²) >= 11 is 0. The molecule has 0 aromatic carbocycles. The Hall–Kier alpha value is -0.610. The highest BCUT2D eigenvalue weighted by molar-refractivity contribution is 7.93. The van der Waals surface area contributed by atoms with E-state index < -0.39 is 10.0 Å². The highest BCUT2D eigenvalue weighted by Crippen LogP contribution is 2.19. The van der Waals surface area contributed by atoms with Crippen molar-refractivity contribution in [3.8, 4) is 0 Å². The van der Waals surface area contributed by atoms with Crippen LogP contribution in [0.5, 0.6) is 0 Å². The maximum atomic E-state index is 11.6. The minimum atomic E-state index is -3.23. The fourth-order valence-electron chi connectivity index (χ4n) is 1.37. The lowest BCUT2D eigenvalue weighted by molar-refractivity contribution is 0.589. The Morgan fingerprint density at radius 2 is 2.15 bits per heavy atom. The Labute approximate surface area is 79.6 Å². The van der Waals surface area contributed by atoms with Gasteiger partial charge < -0.3 is 0 Å². The molecule has 1 heterocycles. The SMILES string of the molecule is C/C=C\C1=C(C)CCCNS1(=O)=O. The van der Waals surface area contributed by atoms with Crippen LogP contribution in [-0.4, -0.2) is 15.0 Å². The fraction of sp³-hybridized carbons (Fsp3) is 0.556. The Morgan fingerprint density at radius 1 is 1.46 bits per heavy atom. The maximum Gasteiger partial charge on any atom is 0.240 e. The van der Waals surface area contributed by atoms with E-state index in [1.165, 1.54) is 0 Å². The highest BCUT2D eigenvalue weighted by Gasteiger charge is 2.19. The van der Waals surface area contributed by atoms with Gasteiger partial charge in [-0.3, -0.25) is 0 Å². The van der Waals surface area contributed by atoms with E-state index >= 15 is 0 Å². The van der Waals surface area contributed by atoms with Crippen molar-refractivity contribution in [2.24, 2.45) is 0 Å². The average Bonchev–Trinajstić information content (AvgIpc) is 2.17. The van der Waals surface area contributed by atoms with E-state index in [9.17, 15) is 8.42 Å². The molecule has 13 heavy (non-hydrogen) atoms. The van der Waals surface area contributed by atoms with Crippen LogP contribution in [0.25, 0.3) is 0 Å². The van der Waals surface area contributed by atoms with Crippen molar-refractivity contribution in [1.82, 2.24) is 4.72 Å². The van der Waals surface area contributed by atoms with E-state index in [0.717, 1.165) is 18.4 Å². The van der Waals surface area contributed by atoms with Gasteiger partial charge in [0.15, 0.2) is 0 Å². The van der Waals surface area contributed by atoms with Gasteiger partial charge in [-0.1, -0.05) is 11.6 Å². The Kier molecular flexibility index (Phi) is 3.27. The van der Waals surface area contributed by atoms with Crippen LogP contribution in [0, 0.1) is 0 Å². The lowest BCUT2D eigenvalue weighted by Crippen LogP contribution is -2.23. The Morgan fingerprint density at radius 3 is 2.77 bits per heavy atom. The summed E-state index contributed by atoms with van der Waals surface area (Å²) in [6.45, 7) is 4.24. The first-order valence-corrected chi connectivity index (χ1v) is 5.88. The fourth-order valence-corrected chi connectivity index (χ4v) is 2.82. The number of hydrogen-bond donors (Lipinski definition) is 1. The normalized spacial score (nSPS) is 23.5. The Bertz CT molecular complexity index is 339. The van der Waals surface area contributed by atoms with Gasteiger partial charge in [0.1, 0.15) is 0 Å².